The summed E-state index contributed by atoms with van der Waals surface area (Å²) in [7, 11) is 0. The Hall–Kier alpha value is -1.72. The van der Waals surface area contributed by atoms with E-state index in [9.17, 15) is 4.79 Å². The fraction of sp³-hybridized carbons (Fsp3) is 0.350. The molecule has 1 amide bonds. The van der Waals surface area contributed by atoms with Crippen LogP contribution in [0.1, 0.15) is 32.6 Å². The lowest BCUT2D eigenvalue weighted by Crippen LogP contribution is -2.20. The number of rotatable bonds is 10. The molecule has 0 fully saturated rings. The first kappa shape index (κ1) is 20.6. The molecular weight excluding hydrogens is 418 g/mol. The van der Waals surface area contributed by atoms with Gasteiger partial charge in [-0.05, 0) is 36.8 Å². The van der Waals surface area contributed by atoms with Gasteiger partial charge >= 0.3 is 0 Å². The van der Waals surface area contributed by atoms with Crippen LogP contribution in [-0.4, -0.2) is 19.1 Å². The SMILES string of the molecule is CCCCCCOc1cccc(NC(=O)COc2ccc(Br)cc2Cl)c1. The highest BCUT2D eigenvalue weighted by Crippen LogP contribution is 2.27. The summed E-state index contributed by atoms with van der Waals surface area (Å²) in [5.74, 6) is 0.953. The zero-order valence-electron chi connectivity index (χ0n) is 14.8. The van der Waals surface area contributed by atoms with Crippen molar-refractivity contribution in [2.75, 3.05) is 18.5 Å². The summed E-state index contributed by atoms with van der Waals surface area (Å²) >= 11 is 9.40. The van der Waals surface area contributed by atoms with Gasteiger partial charge in [-0.15, -0.1) is 0 Å². The van der Waals surface area contributed by atoms with Crippen LogP contribution in [0.2, 0.25) is 5.02 Å². The van der Waals surface area contributed by atoms with Gasteiger partial charge in [0.25, 0.3) is 5.91 Å². The molecule has 0 atom stereocenters. The zero-order valence-corrected chi connectivity index (χ0v) is 17.1. The largest absolute Gasteiger partial charge is 0.494 e. The summed E-state index contributed by atoms with van der Waals surface area (Å²) in [5.41, 5.74) is 0.673. The number of ether oxygens (including phenoxy) is 2. The molecule has 0 aliphatic heterocycles. The monoisotopic (exact) mass is 439 g/mol. The lowest BCUT2D eigenvalue weighted by Gasteiger charge is -2.11. The average molecular weight is 441 g/mol. The van der Waals surface area contributed by atoms with Crippen LogP contribution >= 0.6 is 27.5 Å². The molecule has 0 saturated carbocycles. The van der Waals surface area contributed by atoms with Gasteiger partial charge in [0.1, 0.15) is 11.5 Å². The predicted octanol–water partition coefficient (Wildman–Crippen LogP) is 6.08. The van der Waals surface area contributed by atoms with Gasteiger partial charge in [-0.3, -0.25) is 4.79 Å². The number of amides is 1. The van der Waals surface area contributed by atoms with Crippen LogP contribution in [0.15, 0.2) is 46.9 Å². The third kappa shape index (κ3) is 7.26. The van der Waals surface area contributed by atoms with E-state index in [1.165, 1.54) is 19.3 Å². The Labute approximate surface area is 168 Å². The third-order valence-corrected chi connectivity index (χ3v) is 4.43. The molecule has 1 N–H and O–H groups in total. The number of hydrogen-bond donors (Lipinski definition) is 1. The molecule has 2 rings (SSSR count). The van der Waals surface area contributed by atoms with Gasteiger partial charge in [0.15, 0.2) is 6.61 Å². The van der Waals surface area contributed by atoms with Gasteiger partial charge in [0.05, 0.1) is 11.6 Å². The van der Waals surface area contributed by atoms with Crippen molar-refractivity contribution in [3.8, 4) is 11.5 Å². The van der Waals surface area contributed by atoms with Crippen molar-refractivity contribution >= 4 is 39.1 Å². The van der Waals surface area contributed by atoms with Crippen molar-refractivity contribution in [3.63, 3.8) is 0 Å². The molecule has 0 heterocycles. The first-order valence-corrected chi connectivity index (χ1v) is 9.86. The molecule has 2 aromatic rings. The second-order valence-electron chi connectivity index (χ2n) is 5.85. The molecule has 26 heavy (non-hydrogen) atoms. The maximum atomic E-state index is 12.1. The summed E-state index contributed by atoms with van der Waals surface area (Å²) in [6.45, 7) is 2.74. The maximum absolute atomic E-state index is 12.1. The molecule has 0 bridgehead atoms. The first-order valence-electron chi connectivity index (χ1n) is 8.69. The lowest BCUT2D eigenvalue weighted by atomic mass is 10.2. The van der Waals surface area contributed by atoms with Crippen molar-refractivity contribution in [2.24, 2.45) is 0 Å². The highest BCUT2D eigenvalue weighted by Gasteiger charge is 2.07. The van der Waals surface area contributed by atoms with Crippen LogP contribution in [0, 0.1) is 0 Å². The molecule has 0 unspecified atom stereocenters. The highest BCUT2D eigenvalue weighted by atomic mass is 79.9. The lowest BCUT2D eigenvalue weighted by molar-refractivity contribution is -0.118. The normalized spacial score (nSPS) is 10.4. The molecule has 4 nitrogen and oxygen atoms in total. The molecule has 0 spiro atoms. The van der Waals surface area contributed by atoms with E-state index in [4.69, 9.17) is 21.1 Å². The van der Waals surface area contributed by atoms with Crippen LogP contribution in [0.25, 0.3) is 0 Å². The maximum Gasteiger partial charge on any atom is 0.262 e. The van der Waals surface area contributed by atoms with Crippen LogP contribution in [0.4, 0.5) is 5.69 Å². The third-order valence-electron chi connectivity index (χ3n) is 3.64. The van der Waals surface area contributed by atoms with E-state index in [0.717, 1.165) is 16.6 Å². The van der Waals surface area contributed by atoms with Gasteiger partial charge in [-0.2, -0.15) is 0 Å². The summed E-state index contributed by atoms with van der Waals surface area (Å²) in [5, 5.41) is 3.25. The van der Waals surface area contributed by atoms with Gasteiger partial charge in [-0.1, -0.05) is 59.8 Å². The quantitative estimate of drug-likeness (QED) is 0.455. The Balaban J connectivity index is 1.80. The molecule has 0 aliphatic carbocycles. The Morgan fingerprint density at radius 3 is 2.73 bits per heavy atom. The number of halogens is 2. The van der Waals surface area contributed by atoms with Crippen LogP contribution < -0.4 is 14.8 Å². The van der Waals surface area contributed by atoms with Gasteiger partial charge in [0, 0.05) is 16.2 Å². The van der Waals surface area contributed by atoms with Crippen molar-refractivity contribution in [1.82, 2.24) is 0 Å². The molecule has 0 aliphatic rings. The van der Waals surface area contributed by atoms with E-state index in [1.807, 2.05) is 24.3 Å². The Morgan fingerprint density at radius 1 is 1.12 bits per heavy atom. The second kappa shape index (κ2) is 11.1. The number of nitrogens with one attached hydrogen (secondary N) is 1. The molecule has 2 aromatic carbocycles. The van der Waals surface area contributed by atoms with E-state index in [2.05, 4.69) is 28.2 Å². The summed E-state index contributed by atoms with van der Waals surface area (Å²) in [4.78, 5) is 12.1. The number of hydrogen-bond acceptors (Lipinski definition) is 3. The van der Waals surface area contributed by atoms with Crippen molar-refractivity contribution in [2.45, 2.75) is 32.6 Å². The van der Waals surface area contributed by atoms with Crippen molar-refractivity contribution in [3.05, 3.63) is 52.0 Å². The van der Waals surface area contributed by atoms with Crippen LogP contribution in [-0.2, 0) is 4.79 Å². The van der Waals surface area contributed by atoms with Crippen LogP contribution in [0.5, 0.6) is 11.5 Å². The predicted molar refractivity (Wildman–Crippen MR) is 109 cm³/mol. The molecule has 0 aromatic heterocycles. The fourth-order valence-corrected chi connectivity index (χ4v) is 3.04. The van der Waals surface area contributed by atoms with Gasteiger partial charge < -0.3 is 14.8 Å². The molecule has 0 saturated heterocycles. The van der Waals surface area contributed by atoms with E-state index in [0.29, 0.717) is 23.1 Å². The molecule has 6 heteroatoms. The van der Waals surface area contributed by atoms with Gasteiger partial charge in [-0.25, -0.2) is 0 Å². The summed E-state index contributed by atoms with van der Waals surface area (Å²) < 4.78 is 12.0. The van der Waals surface area contributed by atoms with Crippen LogP contribution in [0.3, 0.4) is 0 Å². The Morgan fingerprint density at radius 2 is 1.96 bits per heavy atom. The molecule has 0 radical (unpaired) electrons. The Bertz CT molecular complexity index is 724. The number of unbranched alkanes of at least 4 members (excludes halogenated alkanes) is 3. The highest BCUT2D eigenvalue weighted by molar-refractivity contribution is 9.10. The van der Waals surface area contributed by atoms with Gasteiger partial charge in [0.2, 0.25) is 0 Å². The number of carbonyl (C=O) groups excluding carboxylic acids is 1. The van der Waals surface area contributed by atoms with E-state index in [-0.39, 0.29) is 12.5 Å². The van der Waals surface area contributed by atoms with E-state index < -0.39 is 0 Å². The average Bonchev–Trinajstić information content (AvgIpc) is 2.61. The zero-order chi connectivity index (χ0) is 18.8. The number of anilines is 1. The molecule has 140 valence electrons. The topological polar surface area (TPSA) is 47.6 Å². The fourth-order valence-electron chi connectivity index (χ4n) is 2.32. The first-order chi connectivity index (χ1) is 12.6. The number of benzene rings is 2. The number of carbonyl (C=O) groups is 1. The smallest absolute Gasteiger partial charge is 0.262 e. The standard InChI is InChI=1S/C20H23BrClNO3/c1-2-3-4-5-11-25-17-8-6-7-16(13-17)23-20(24)14-26-19-10-9-15(21)12-18(19)22/h6-10,12-13H,2-5,11,14H2,1H3,(H,23,24). The summed E-state index contributed by atoms with van der Waals surface area (Å²) in [6, 6.07) is 12.6. The van der Waals surface area contributed by atoms with Crippen molar-refractivity contribution < 1.29 is 14.3 Å². The minimum absolute atomic E-state index is 0.122. The minimum atomic E-state index is -0.260. The summed E-state index contributed by atoms with van der Waals surface area (Å²) in [6.07, 6.45) is 4.63. The Kier molecular flexibility index (Phi) is 8.78. The minimum Gasteiger partial charge on any atom is -0.494 e. The second-order valence-corrected chi connectivity index (χ2v) is 7.17. The van der Waals surface area contributed by atoms with Crippen molar-refractivity contribution in [1.29, 1.82) is 0 Å². The van der Waals surface area contributed by atoms with E-state index in [1.54, 1.807) is 18.2 Å². The van der Waals surface area contributed by atoms with E-state index >= 15 is 0 Å². The molecular formula is C20H23BrClNO3.